The monoisotopic (exact) mass is 484 g/mol. The Labute approximate surface area is 202 Å². The van der Waals surface area contributed by atoms with E-state index in [1.165, 1.54) is 25.6 Å². The molecule has 0 radical (unpaired) electrons. The summed E-state index contributed by atoms with van der Waals surface area (Å²) in [6.07, 6.45) is 0.684. The average Bonchev–Trinajstić information content (AvgIpc) is 3.34. The number of nitrogens with zero attached hydrogens (tertiary/aromatic N) is 2. The summed E-state index contributed by atoms with van der Waals surface area (Å²) in [6, 6.07) is 11.5. The number of carbonyl (C=O) groups excluding carboxylic acids is 2. The van der Waals surface area contributed by atoms with E-state index in [0.717, 1.165) is 5.56 Å². The van der Waals surface area contributed by atoms with E-state index in [2.05, 4.69) is 20.8 Å². The zero-order valence-corrected chi connectivity index (χ0v) is 20.6. The number of methoxy groups -OCH3 is 3. The predicted octanol–water partition coefficient (Wildman–Crippen LogP) is 4.01. The number of rotatable bonds is 10. The van der Waals surface area contributed by atoms with Gasteiger partial charge in [-0.1, -0.05) is 43.7 Å². The van der Waals surface area contributed by atoms with Crippen molar-refractivity contribution in [1.29, 1.82) is 0 Å². The highest BCUT2D eigenvalue weighted by molar-refractivity contribution is 7.18. The van der Waals surface area contributed by atoms with E-state index < -0.39 is 11.9 Å². The summed E-state index contributed by atoms with van der Waals surface area (Å²) < 4.78 is 15.8. The van der Waals surface area contributed by atoms with Crippen molar-refractivity contribution in [2.24, 2.45) is 5.92 Å². The van der Waals surface area contributed by atoms with E-state index in [4.69, 9.17) is 14.2 Å². The summed E-state index contributed by atoms with van der Waals surface area (Å²) in [5.74, 6) is 0.698. The fraction of sp³-hybridized carbons (Fsp3) is 0.333. The standard InChI is InChI=1S/C24H28N4O5S/c1-6-14(2)20(25-21(29)18-11-10-17(32-4)13-19(18)33-5)22(30)26-24-28-27-23(34-24)15-8-7-9-16(12-15)31-3/h7-14,20H,6H2,1-5H3,(H,25,29)(H,26,28,30). The summed E-state index contributed by atoms with van der Waals surface area (Å²) in [4.78, 5) is 26.1. The summed E-state index contributed by atoms with van der Waals surface area (Å²) in [7, 11) is 4.60. The van der Waals surface area contributed by atoms with E-state index in [-0.39, 0.29) is 11.8 Å². The van der Waals surface area contributed by atoms with Gasteiger partial charge in [0.2, 0.25) is 11.0 Å². The molecule has 0 saturated carbocycles. The molecule has 9 nitrogen and oxygen atoms in total. The molecule has 0 bridgehead atoms. The van der Waals surface area contributed by atoms with Crippen molar-refractivity contribution in [2.75, 3.05) is 26.6 Å². The van der Waals surface area contributed by atoms with Crippen molar-refractivity contribution in [3.8, 4) is 27.8 Å². The molecule has 2 aromatic carbocycles. The van der Waals surface area contributed by atoms with E-state index in [0.29, 0.717) is 39.4 Å². The molecule has 0 aliphatic carbocycles. The Morgan fingerprint density at radius 2 is 1.74 bits per heavy atom. The lowest BCUT2D eigenvalue weighted by atomic mass is 9.98. The van der Waals surface area contributed by atoms with Crippen molar-refractivity contribution in [3.05, 3.63) is 48.0 Å². The maximum Gasteiger partial charge on any atom is 0.255 e. The lowest BCUT2D eigenvalue weighted by molar-refractivity contribution is -0.119. The van der Waals surface area contributed by atoms with E-state index in [9.17, 15) is 9.59 Å². The number of carbonyl (C=O) groups is 2. The highest BCUT2D eigenvalue weighted by atomic mass is 32.1. The minimum atomic E-state index is -0.784. The molecule has 3 rings (SSSR count). The molecule has 2 amide bonds. The van der Waals surface area contributed by atoms with Crippen LogP contribution in [-0.2, 0) is 4.79 Å². The van der Waals surface area contributed by atoms with Crippen molar-refractivity contribution in [2.45, 2.75) is 26.3 Å². The van der Waals surface area contributed by atoms with Crippen molar-refractivity contribution in [3.63, 3.8) is 0 Å². The molecule has 0 spiro atoms. The van der Waals surface area contributed by atoms with Gasteiger partial charge >= 0.3 is 0 Å². The van der Waals surface area contributed by atoms with Crippen LogP contribution in [0.1, 0.15) is 30.6 Å². The maximum atomic E-state index is 13.1. The van der Waals surface area contributed by atoms with Gasteiger partial charge in [-0.3, -0.25) is 14.9 Å². The minimum Gasteiger partial charge on any atom is -0.497 e. The zero-order valence-electron chi connectivity index (χ0n) is 19.7. The van der Waals surface area contributed by atoms with Gasteiger partial charge in [0.05, 0.1) is 26.9 Å². The third-order valence-corrected chi connectivity index (χ3v) is 6.29. The molecule has 2 N–H and O–H groups in total. The van der Waals surface area contributed by atoms with Gasteiger partial charge in [-0.25, -0.2) is 0 Å². The van der Waals surface area contributed by atoms with Crippen LogP contribution in [0.3, 0.4) is 0 Å². The third-order valence-electron chi connectivity index (χ3n) is 5.41. The number of ether oxygens (including phenoxy) is 3. The number of hydrogen-bond donors (Lipinski definition) is 2. The zero-order chi connectivity index (χ0) is 24.7. The molecule has 2 atom stereocenters. The smallest absolute Gasteiger partial charge is 0.255 e. The first-order valence-electron chi connectivity index (χ1n) is 10.7. The van der Waals surface area contributed by atoms with E-state index >= 15 is 0 Å². The summed E-state index contributed by atoms with van der Waals surface area (Å²) in [6.45, 7) is 3.86. The van der Waals surface area contributed by atoms with Crippen LogP contribution in [0, 0.1) is 5.92 Å². The van der Waals surface area contributed by atoms with Gasteiger partial charge in [0, 0.05) is 11.6 Å². The molecular formula is C24H28N4O5S. The second-order valence-electron chi connectivity index (χ2n) is 7.54. The molecule has 0 saturated heterocycles. The first kappa shape index (κ1) is 25.0. The fourth-order valence-electron chi connectivity index (χ4n) is 3.24. The quantitative estimate of drug-likeness (QED) is 0.447. The van der Waals surface area contributed by atoms with Gasteiger partial charge in [-0.15, -0.1) is 10.2 Å². The molecule has 10 heteroatoms. The Hall–Kier alpha value is -3.66. The molecule has 180 valence electrons. The summed E-state index contributed by atoms with van der Waals surface area (Å²) >= 11 is 1.24. The number of benzene rings is 2. The molecule has 0 aliphatic heterocycles. The molecule has 0 fully saturated rings. The van der Waals surface area contributed by atoms with Crippen LogP contribution in [0.15, 0.2) is 42.5 Å². The lowest BCUT2D eigenvalue weighted by Crippen LogP contribution is -2.47. The number of aromatic nitrogens is 2. The van der Waals surface area contributed by atoms with Gasteiger partial charge in [-0.2, -0.15) is 0 Å². The van der Waals surface area contributed by atoms with Crippen LogP contribution < -0.4 is 24.8 Å². The second-order valence-corrected chi connectivity index (χ2v) is 8.51. The van der Waals surface area contributed by atoms with Gasteiger partial charge in [0.15, 0.2) is 0 Å². The molecular weight excluding hydrogens is 456 g/mol. The van der Waals surface area contributed by atoms with Crippen LogP contribution in [-0.4, -0.2) is 49.4 Å². The largest absolute Gasteiger partial charge is 0.497 e. The van der Waals surface area contributed by atoms with Crippen LogP contribution in [0.2, 0.25) is 0 Å². The molecule has 3 aromatic rings. The molecule has 34 heavy (non-hydrogen) atoms. The van der Waals surface area contributed by atoms with E-state index in [1.807, 2.05) is 38.1 Å². The number of hydrogen-bond acceptors (Lipinski definition) is 8. The Bertz CT molecular complexity index is 1150. The first-order chi connectivity index (χ1) is 16.4. The van der Waals surface area contributed by atoms with Crippen LogP contribution in [0.25, 0.3) is 10.6 Å². The topological polar surface area (TPSA) is 112 Å². The predicted molar refractivity (Wildman–Crippen MR) is 131 cm³/mol. The lowest BCUT2D eigenvalue weighted by Gasteiger charge is -2.23. The normalized spacial score (nSPS) is 12.4. The van der Waals surface area contributed by atoms with Crippen molar-refractivity contribution in [1.82, 2.24) is 15.5 Å². The number of anilines is 1. The highest BCUT2D eigenvalue weighted by Crippen LogP contribution is 2.29. The Kier molecular flexibility index (Phi) is 8.42. The Morgan fingerprint density at radius 1 is 1.00 bits per heavy atom. The summed E-state index contributed by atoms with van der Waals surface area (Å²) in [5, 5.41) is 14.9. The number of nitrogens with one attached hydrogen (secondary N) is 2. The van der Waals surface area contributed by atoms with Gasteiger partial charge in [0.25, 0.3) is 5.91 Å². The van der Waals surface area contributed by atoms with E-state index in [1.54, 1.807) is 25.3 Å². The van der Waals surface area contributed by atoms with Crippen LogP contribution >= 0.6 is 11.3 Å². The minimum absolute atomic E-state index is 0.126. The summed E-state index contributed by atoms with van der Waals surface area (Å²) in [5.41, 5.74) is 1.14. The van der Waals surface area contributed by atoms with Gasteiger partial charge in [-0.05, 0) is 30.2 Å². The number of amides is 2. The first-order valence-corrected chi connectivity index (χ1v) is 11.5. The molecule has 1 aromatic heterocycles. The Morgan fingerprint density at radius 3 is 2.41 bits per heavy atom. The Balaban J connectivity index is 1.76. The average molecular weight is 485 g/mol. The van der Waals surface area contributed by atoms with Crippen LogP contribution in [0.5, 0.6) is 17.2 Å². The molecule has 1 heterocycles. The highest BCUT2D eigenvalue weighted by Gasteiger charge is 2.28. The third kappa shape index (κ3) is 5.82. The second kappa shape index (κ2) is 11.5. The van der Waals surface area contributed by atoms with Crippen molar-refractivity contribution < 1.29 is 23.8 Å². The van der Waals surface area contributed by atoms with Crippen LogP contribution in [0.4, 0.5) is 5.13 Å². The maximum absolute atomic E-state index is 13.1. The van der Waals surface area contributed by atoms with Gasteiger partial charge < -0.3 is 19.5 Å². The fourth-order valence-corrected chi connectivity index (χ4v) is 3.98. The van der Waals surface area contributed by atoms with Crippen molar-refractivity contribution >= 4 is 28.3 Å². The van der Waals surface area contributed by atoms with Gasteiger partial charge in [0.1, 0.15) is 28.3 Å². The molecule has 2 unspecified atom stereocenters. The SMILES string of the molecule is CCC(C)C(NC(=O)c1ccc(OC)cc1OC)C(=O)Nc1nnc(-c2cccc(OC)c2)s1. The molecule has 0 aliphatic rings.